The first-order valence-corrected chi connectivity index (χ1v) is 8.07. The molecule has 0 heterocycles. The van der Waals surface area contributed by atoms with Crippen molar-refractivity contribution >= 4 is 39.6 Å². The fourth-order valence-corrected chi connectivity index (χ4v) is 2.58. The van der Waals surface area contributed by atoms with Crippen molar-refractivity contribution in [1.82, 2.24) is 5.32 Å². The molecule has 6 heteroatoms. The molecule has 1 aromatic rings. The van der Waals surface area contributed by atoms with E-state index >= 15 is 0 Å². The highest BCUT2D eigenvalue weighted by molar-refractivity contribution is 9.10. The molecule has 0 unspecified atom stereocenters. The van der Waals surface area contributed by atoms with Gasteiger partial charge in [-0.15, -0.1) is 11.8 Å². The van der Waals surface area contributed by atoms with Gasteiger partial charge in [0, 0.05) is 9.37 Å². The third kappa shape index (κ3) is 6.43. The van der Waals surface area contributed by atoms with Gasteiger partial charge in [-0.1, -0.05) is 29.8 Å². The van der Waals surface area contributed by atoms with Crippen molar-refractivity contribution in [3.05, 3.63) is 28.7 Å². The Hall–Kier alpha value is -1.01. The van der Waals surface area contributed by atoms with Crippen molar-refractivity contribution in [3.63, 3.8) is 0 Å². The van der Waals surface area contributed by atoms with Crippen LogP contribution in [0.5, 0.6) is 0 Å². The lowest BCUT2D eigenvalue weighted by molar-refractivity contribution is -0.141. The van der Waals surface area contributed by atoms with Gasteiger partial charge in [0.1, 0.15) is 6.04 Å². The summed E-state index contributed by atoms with van der Waals surface area (Å²) in [5.41, 5.74) is 0. The van der Waals surface area contributed by atoms with Gasteiger partial charge in [0.25, 0.3) is 0 Å². The molecule has 2 N–H and O–H groups in total. The van der Waals surface area contributed by atoms with E-state index in [4.69, 9.17) is 5.11 Å². The number of hydrogen-bond donors (Lipinski definition) is 2. The highest BCUT2D eigenvalue weighted by Crippen LogP contribution is 2.20. The van der Waals surface area contributed by atoms with Crippen molar-refractivity contribution in [3.8, 4) is 0 Å². The highest BCUT2D eigenvalue weighted by atomic mass is 79.9. The molecule has 0 saturated carbocycles. The van der Waals surface area contributed by atoms with E-state index in [9.17, 15) is 9.59 Å². The summed E-state index contributed by atoms with van der Waals surface area (Å²) in [6.45, 7) is 3.86. The van der Waals surface area contributed by atoms with Crippen LogP contribution in [-0.2, 0) is 9.59 Å². The molecule has 0 radical (unpaired) electrons. The van der Waals surface area contributed by atoms with E-state index in [0.717, 1.165) is 9.37 Å². The Morgan fingerprint density at radius 2 is 1.90 bits per heavy atom. The molecule has 0 aromatic heterocycles. The van der Waals surface area contributed by atoms with Gasteiger partial charge >= 0.3 is 5.97 Å². The fraction of sp³-hybridized carbons (Fsp3) is 0.429. The van der Waals surface area contributed by atoms with Crippen LogP contribution >= 0.6 is 27.7 Å². The molecule has 0 fully saturated rings. The third-order valence-corrected chi connectivity index (χ3v) is 4.06. The van der Waals surface area contributed by atoms with Gasteiger partial charge in [-0.25, -0.2) is 4.79 Å². The summed E-state index contributed by atoms with van der Waals surface area (Å²) >= 11 is 4.73. The Labute approximate surface area is 131 Å². The van der Waals surface area contributed by atoms with E-state index in [1.54, 1.807) is 0 Å². The zero-order valence-electron chi connectivity index (χ0n) is 11.4. The predicted molar refractivity (Wildman–Crippen MR) is 83.9 cm³/mol. The summed E-state index contributed by atoms with van der Waals surface area (Å²) in [5, 5.41) is 11.6. The van der Waals surface area contributed by atoms with Crippen LogP contribution in [0.25, 0.3) is 0 Å². The molecular weight excluding hydrogens is 342 g/mol. The molecule has 0 bridgehead atoms. The summed E-state index contributed by atoms with van der Waals surface area (Å²) in [6, 6.07) is 6.81. The molecule has 0 aliphatic heterocycles. The van der Waals surface area contributed by atoms with Gasteiger partial charge in [0.15, 0.2) is 0 Å². The second-order valence-corrected chi connectivity index (χ2v) is 6.79. The number of aliphatic carboxylic acids is 1. The molecule has 1 amide bonds. The molecule has 0 saturated heterocycles. The van der Waals surface area contributed by atoms with Crippen molar-refractivity contribution in [2.24, 2.45) is 5.92 Å². The van der Waals surface area contributed by atoms with Gasteiger partial charge in [-0.3, -0.25) is 4.79 Å². The van der Waals surface area contributed by atoms with Crippen molar-refractivity contribution in [1.29, 1.82) is 0 Å². The average Bonchev–Trinajstić information content (AvgIpc) is 2.36. The summed E-state index contributed by atoms with van der Waals surface area (Å²) < 4.78 is 0.981. The molecule has 1 rings (SSSR count). The Morgan fingerprint density at radius 1 is 1.30 bits per heavy atom. The van der Waals surface area contributed by atoms with Crippen LogP contribution in [0.4, 0.5) is 0 Å². The van der Waals surface area contributed by atoms with Crippen molar-refractivity contribution in [2.75, 3.05) is 5.75 Å². The van der Waals surface area contributed by atoms with Crippen LogP contribution < -0.4 is 5.32 Å². The molecule has 4 nitrogen and oxygen atoms in total. The normalized spacial score (nSPS) is 12.2. The largest absolute Gasteiger partial charge is 0.480 e. The standard InChI is InChI=1S/C14H18BrNO3S/c1-9(2)7-12(14(18)19)16-13(17)8-20-11-5-3-10(15)4-6-11/h3-6,9,12H,7-8H2,1-2H3,(H,16,17)(H,18,19)/t12-/m1/s1. The van der Waals surface area contributed by atoms with E-state index in [2.05, 4.69) is 21.2 Å². The van der Waals surface area contributed by atoms with E-state index in [-0.39, 0.29) is 17.6 Å². The molecule has 20 heavy (non-hydrogen) atoms. The van der Waals surface area contributed by atoms with Crippen LogP contribution in [0.15, 0.2) is 33.6 Å². The van der Waals surface area contributed by atoms with Gasteiger partial charge in [0.2, 0.25) is 5.91 Å². The number of rotatable bonds is 7. The van der Waals surface area contributed by atoms with Crippen LogP contribution in [0.1, 0.15) is 20.3 Å². The van der Waals surface area contributed by atoms with Gasteiger partial charge in [-0.05, 0) is 36.6 Å². The van der Waals surface area contributed by atoms with E-state index in [1.807, 2.05) is 38.1 Å². The maximum absolute atomic E-state index is 11.8. The Bertz CT molecular complexity index is 462. The van der Waals surface area contributed by atoms with E-state index in [0.29, 0.717) is 6.42 Å². The molecule has 1 atom stereocenters. The lowest BCUT2D eigenvalue weighted by Gasteiger charge is -2.16. The third-order valence-electron chi connectivity index (χ3n) is 2.52. The summed E-state index contributed by atoms with van der Waals surface area (Å²) in [7, 11) is 0. The van der Waals surface area contributed by atoms with Gasteiger partial charge < -0.3 is 10.4 Å². The minimum absolute atomic E-state index is 0.212. The van der Waals surface area contributed by atoms with Crippen molar-refractivity contribution in [2.45, 2.75) is 31.2 Å². The number of amides is 1. The second kappa shape index (κ2) is 8.32. The Balaban J connectivity index is 2.45. The Morgan fingerprint density at radius 3 is 2.40 bits per heavy atom. The van der Waals surface area contributed by atoms with Crippen molar-refractivity contribution < 1.29 is 14.7 Å². The zero-order valence-corrected chi connectivity index (χ0v) is 13.8. The number of carbonyl (C=O) groups is 2. The predicted octanol–water partition coefficient (Wildman–Crippen LogP) is 3.16. The first-order chi connectivity index (χ1) is 9.38. The van der Waals surface area contributed by atoms with E-state index < -0.39 is 12.0 Å². The maximum atomic E-state index is 11.8. The zero-order chi connectivity index (χ0) is 15.1. The monoisotopic (exact) mass is 359 g/mol. The maximum Gasteiger partial charge on any atom is 0.326 e. The molecule has 1 aromatic carbocycles. The number of benzene rings is 1. The molecule has 110 valence electrons. The number of carboxylic acid groups (broad SMARTS) is 1. The van der Waals surface area contributed by atoms with Crippen LogP contribution in [0, 0.1) is 5.92 Å². The smallest absolute Gasteiger partial charge is 0.326 e. The molecular formula is C14H18BrNO3S. The first-order valence-electron chi connectivity index (χ1n) is 6.29. The lowest BCUT2D eigenvalue weighted by Crippen LogP contribution is -2.42. The summed E-state index contributed by atoms with van der Waals surface area (Å²) in [5.74, 6) is -0.814. The van der Waals surface area contributed by atoms with Gasteiger partial charge in [0.05, 0.1) is 5.75 Å². The lowest BCUT2D eigenvalue weighted by atomic mass is 10.0. The summed E-state index contributed by atoms with van der Waals surface area (Å²) in [6.07, 6.45) is 0.435. The molecule has 0 aliphatic carbocycles. The minimum atomic E-state index is -0.985. The number of hydrogen-bond acceptors (Lipinski definition) is 3. The molecule has 0 spiro atoms. The quantitative estimate of drug-likeness (QED) is 0.733. The van der Waals surface area contributed by atoms with Gasteiger partial charge in [-0.2, -0.15) is 0 Å². The topological polar surface area (TPSA) is 66.4 Å². The van der Waals surface area contributed by atoms with Crippen LogP contribution in [-0.4, -0.2) is 28.8 Å². The SMILES string of the molecule is CC(C)C[C@@H](NC(=O)CSc1ccc(Br)cc1)C(=O)O. The van der Waals surface area contributed by atoms with Crippen LogP contribution in [0.2, 0.25) is 0 Å². The van der Waals surface area contributed by atoms with Crippen LogP contribution in [0.3, 0.4) is 0 Å². The fourth-order valence-electron chi connectivity index (χ4n) is 1.61. The molecule has 0 aliphatic rings. The Kier molecular flexibility index (Phi) is 7.09. The van der Waals surface area contributed by atoms with E-state index in [1.165, 1.54) is 11.8 Å². The highest BCUT2D eigenvalue weighted by Gasteiger charge is 2.20. The summed E-state index contributed by atoms with van der Waals surface area (Å²) in [4.78, 5) is 23.8. The number of carbonyl (C=O) groups excluding carboxylic acids is 1. The first kappa shape index (κ1) is 17.0. The average molecular weight is 360 g/mol. The second-order valence-electron chi connectivity index (χ2n) is 4.83. The number of thioether (sulfide) groups is 1. The minimum Gasteiger partial charge on any atom is -0.480 e. The number of halogens is 1. The number of carboxylic acids is 1. The number of nitrogens with one attached hydrogen (secondary N) is 1.